The van der Waals surface area contributed by atoms with E-state index in [9.17, 15) is 15.0 Å². The Balaban J connectivity index is 2.09. The molecule has 2 atom stereocenters. The van der Waals surface area contributed by atoms with Crippen LogP contribution in [-0.2, 0) is 0 Å². The maximum Gasteiger partial charge on any atom is 0.252 e. The number of anilines is 1. The molecule has 0 bridgehead atoms. The van der Waals surface area contributed by atoms with Gasteiger partial charge in [0.15, 0.2) is 0 Å². The Morgan fingerprint density at radius 2 is 2.04 bits per heavy atom. The van der Waals surface area contributed by atoms with Crippen LogP contribution in [0.3, 0.4) is 0 Å². The van der Waals surface area contributed by atoms with E-state index in [4.69, 9.17) is 10.5 Å². The van der Waals surface area contributed by atoms with Crippen molar-refractivity contribution in [1.82, 2.24) is 9.61 Å². The van der Waals surface area contributed by atoms with Crippen molar-refractivity contribution in [3.63, 3.8) is 0 Å². The smallest absolute Gasteiger partial charge is 0.252 e. The first-order valence-corrected chi connectivity index (χ1v) is 8.99. The number of fused-ring (bicyclic) bond motifs is 1. The van der Waals surface area contributed by atoms with Crippen molar-refractivity contribution in [2.75, 3.05) is 19.0 Å². The lowest BCUT2D eigenvalue weighted by molar-refractivity contribution is 0.0997. The summed E-state index contributed by atoms with van der Waals surface area (Å²) in [7, 11) is 1.61. The number of benzene rings is 1. The molecule has 8 nitrogen and oxygen atoms in total. The van der Waals surface area contributed by atoms with Gasteiger partial charge in [-0.1, -0.05) is 19.1 Å². The number of carbonyl (C=O) groups is 1. The fourth-order valence-corrected chi connectivity index (χ4v) is 3.07. The number of aromatic nitrogens is 2. The number of carbonyl (C=O) groups excluding carboxylic acids is 1. The maximum absolute atomic E-state index is 11.9. The van der Waals surface area contributed by atoms with Crippen LogP contribution in [0.2, 0.25) is 0 Å². The number of nitrogens with two attached hydrogens (primary N) is 1. The molecule has 3 rings (SSSR count). The highest BCUT2D eigenvalue weighted by Crippen LogP contribution is 2.30. The molecule has 0 aliphatic carbocycles. The van der Waals surface area contributed by atoms with Crippen LogP contribution in [0.4, 0.5) is 5.69 Å². The average Bonchev–Trinajstić information content (AvgIpc) is 3.15. The van der Waals surface area contributed by atoms with Gasteiger partial charge >= 0.3 is 0 Å². The molecule has 3 aromatic rings. The average molecular weight is 384 g/mol. The summed E-state index contributed by atoms with van der Waals surface area (Å²) in [6.07, 6.45) is 2.87. The van der Waals surface area contributed by atoms with Gasteiger partial charge in [0.1, 0.15) is 5.75 Å². The molecular weight excluding hydrogens is 360 g/mol. The minimum Gasteiger partial charge on any atom is -0.497 e. The molecule has 1 aromatic carbocycles. The first-order chi connectivity index (χ1) is 13.5. The predicted octanol–water partition coefficient (Wildman–Crippen LogP) is 1.65. The number of amides is 1. The molecule has 2 heterocycles. The van der Waals surface area contributed by atoms with E-state index in [0.717, 1.165) is 16.9 Å². The molecular formula is C20H24N4O4. The van der Waals surface area contributed by atoms with E-state index in [-0.39, 0.29) is 12.2 Å². The lowest BCUT2D eigenvalue weighted by Crippen LogP contribution is -2.37. The van der Waals surface area contributed by atoms with Gasteiger partial charge in [-0.2, -0.15) is 5.10 Å². The Bertz CT molecular complexity index is 968. The minimum absolute atomic E-state index is 0.189. The lowest BCUT2D eigenvalue weighted by Gasteiger charge is -2.23. The highest BCUT2D eigenvalue weighted by molar-refractivity contribution is 6.02. The maximum atomic E-state index is 11.9. The topological polar surface area (TPSA) is 122 Å². The van der Waals surface area contributed by atoms with E-state index in [1.54, 1.807) is 11.6 Å². The van der Waals surface area contributed by atoms with E-state index >= 15 is 0 Å². The zero-order valence-corrected chi connectivity index (χ0v) is 15.8. The summed E-state index contributed by atoms with van der Waals surface area (Å²) in [4.78, 5) is 11.9. The zero-order chi connectivity index (χ0) is 20.3. The first-order valence-electron chi connectivity index (χ1n) is 8.99. The molecule has 2 aromatic heterocycles. The Labute approximate surface area is 162 Å². The number of ether oxygens (including phenoxy) is 1. The van der Waals surface area contributed by atoms with Crippen molar-refractivity contribution in [3.8, 4) is 16.9 Å². The van der Waals surface area contributed by atoms with Crippen LogP contribution >= 0.6 is 0 Å². The van der Waals surface area contributed by atoms with Gasteiger partial charge < -0.3 is 26.0 Å². The number of aliphatic hydroxyl groups is 2. The lowest BCUT2D eigenvalue weighted by atomic mass is 10.1. The van der Waals surface area contributed by atoms with Crippen molar-refractivity contribution in [3.05, 3.63) is 48.3 Å². The second-order valence-corrected chi connectivity index (χ2v) is 6.49. The summed E-state index contributed by atoms with van der Waals surface area (Å²) in [6, 6.07) is 8.79. The molecule has 0 saturated carbocycles. The van der Waals surface area contributed by atoms with Gasteiger partial charge in [-0.25, -0.2) is 4.52 Å². The van der Waals surface area contributed by atoms with Crippen LogP contribution in [0.1, 0.15) is 23.7 Å². The third-order valence-electron chi connectivity index (χ3n) is 4.74. The molecule has 0 saturated heterocycles. The van der Waals surface area contributed by atoms with Gasteiger partial charge in [-0.15, -0.1) is 0 Å². The number of hydrogen-bond donors (Lipinski definition) is 4. The van der Waals surface area contributed by atoms with Crippen LogP contribution < -0.4 is 15.8 Å². The summed E-state index contributed by atoms with van der Waals surface area (Å²) >= 11 is 0. The molecule has 5 N–H and O–H groups in total. The molecule has 0 radical (unpaired) electrons. The van der Waals surface area contributed by atoms with Gasteiger partial charge in [0.25, 0.3) is 5.91 Å². The number of hydrogen-bond acceptors (Lipinski definition) is 6. The van der Waals surface area contributed by atoms with Gasteiger partial charge in [0.05, 0.1) is 48.8 Å². The predicted molar refractivity (Wildman–Crippen MR) is 106 cm³/mol. The molecule has 0 aliphatic rings. The van der Waals surface area contributed by atoms with E-state index in [2.05, 4.69) is 10.4 Å². The largest absolute Gasteiger partial charge is 0.497 e. The number of aliphatic hydroxyl groups excluding tert-OH is 2. The summed E-state index contributed by atoms with van der Waals surface area (Å²) in [5.74, 6) is 0.107. The van der Waals surface area contributed by atoms with E-state index in [1.807, 2.05) is 43.5 Å². The van der Waals surface area contributed by atoms with Crippen molar-refractivity contribution in [1.29, 1.82) is 0 Å². The van der Waals surface area contributed by atoms with Gasteiger partial charge in [0.2, 0.25) is 0 Å². The number of nitrogens with zero attached hydrogens (tertiary/aromatic N) is 2. The molecule has 0 spiro atoms. The normalized spacial score (nSPS) is 13.3. The number of primary amides is 1. The molecule has 1 amide bonds. The Hall–Kier alpha value is -3.10. The quantitative estimate of drug-likeness (QED) is 0.468. The van der Waals surface area contributed by atoms with Crippen LogP contribution in [0.15, 0.2) is 42.7 Å². The van der Waals surface area contributed by atoms with Crippen molar-refractivity contribution >= 4 is 17.1 Å². The summed E-state index contributed by atoms with van der Waals surface area (Å²) < 4.78 is 6.81. The van der Waals surface area contributed by atoms with Crippen LogP contribution in [0, 0.1) is 0 Å². The third kappa shape index (κ3) is 3.78. The number of rotatable bonds is 8. The second-order valence-electron chi connectivity index (χ2n) is 6.49. The molecule has 0 fully saturated rings. The molecule has 0 aliphatic heterocycles. The van der Waals surface area contributed by atoms with Crippen LogP contribution in [0.25, 0.3) is 16.6 Å². The van der Waals surface area contributed by atoms with Crippen molar-refractivity contribution in [2.24, 2.45) is 5.73 Å². The number of methoxy groups -OCH3 is 1. The van der Waals surface area contributed by atoms with Gasteiger partial charge in [-0.3, -0.25) is 4.79 Å². The Morgan fingerprint density at radius 3 is 2.61 bits per heavy atom. The van der Waals surface area contributed by atoms with E-state index < -0.39 is 18.1 Å². The summed E-state index contributed by atoms with van der Waals surface area (Å²) in [6.45, 7) is 1.51. The second kappa shape index (κ2) is 8.28. The molecule has 8 heteroatoms. The number of nitrogens with one attached hydrogen (secondary N) is 1. The van der Waals surface area contributed by atoms with Crippen molar-refractivity contribution in [2.45, 2.75) is 25.5 Å². The van der Waals surface area contributed by atoms with Gasteiger partial charge in [0, 0.05) is 11.8 Å². The highest BCUT2D eigenvalue weighted by atomic mass is 16.5. The Kier molecular flexibility index (Phi) is 5.81. The fourth-order valence-electron chi connectivity index (χ4n) is 3.07. The summed E-state index contributed by atoms with van der Waals surface area (Å²) in [5, 5.41) is 27.1. The molecule has 28 heavy (non-hydrogen) atoms. The van der Waals surface area contributed by atoms with Crippen LogP contribution in [-0.4, -0.2) is 51.6 Å². The molecule has 148 valence electrons. The SMILES string of the molecule is CC[C@@H](O)[C@@H](CO)Nc1c(C(N)=O)cnn2cc(-c3ccc(OC)cc3)cc12. The monoisotopic (exact) mass is 384 g/mol. The van der Waals surface area contributed by atoms with E-state index in [0.29, 0.717) is 17.6 Å². The summed E-state index contributed by atoms with van der Waals surface area (Å²) in [5.41, 5.74) is 8.58. The minimum atomic E-state index is -0.782. The van der Waals surface area contributed by atoms with Crippen LogP contribution in [0.5, 0.6) is 5.75 Å². The van der Waals surface area contributed by atoms with Gasteiger partial charge in [-0.05, 0) is 30.2 Å². The standard InChI is InChI=1S/C20H24N4O4/c1-3-18(26)16(11-25)23-19-15(20(21)27)9-22-24-10-13(8-17(19)24)12-4-6-14(28-2)7-5-12/h4-10,16,18,23,25-26H,3,11H2,1-2H3,(H2,21,27)/t16-,18-/m1/s1. The Morgan fingerprint density at radius 1 is 1.32 bits per heavy atom. The van der Waals surface area contributed by atoms with E-state index in [1.165, 1.54) is 6.20 Å². The fraction of sp³-hybridized carbons (Fsp3) is 0.300. The zero-order valence-electron chi connectivity index (χ0n) is 15.8. The third-order valence-corrected chi connectivity index (χ3v) is 4.74. The first kappa shape index (κ1) is 19.7. The van der Waals surface area contributed by atoms with Crippen molar-refractivity contribution < 1.29 is 19.7 Å². The highest BCUT2D eigenvalue weighted by Gasteiger charge is 2.22. The molecule has 0 unspecified atom stereocenters.